The van der Waals surface area contributed by atoms with E-state index < -0.39 is 11.6 Å². The molecular formula is C47H60ClF2N6+. The fraction of sp³-hybridized carbons (Fsp3) is 0.319. The second-order valence-corrected chi connectivity index (χ2v) is 13.2. The third kappa shape index (κ3) is 11.6. The van der Waals surface area contributed by atoms with Gasteiger partial charge in [0, 0.05) is 84.1 Å². The van der Waals surface area contributed by atoms with Crippen LogP contribution in [-0.4, -0.2) is 36.6 Å². The van der Waals surface area contributed by atoms with Crippen LogP contribution >= 0.6 is 11.6 Å². The third-order valence-electron chi connectivity index (χ3n) is 9.37. The van der Waals surface area contributed by atoms with Crippen LogP contribution in [0, 0.1) is 18.6 Å². The van der Waals surface area contributed by atoms with Crippen LogP contribution < -0.4 is 20.8 Å². The zero-order chi connectivity index (χ0) is 41.2. The van der Waals surface area contributed by atoms with Gasteiger partial charge in [0.25, 0.3) is 0 Å². The number of halogens is 3. The maximum Gasteiger partial charge on any atom is 0.328 e. The minimum absolute atomic E-state index is 0.307. The van der Waals surface area contributed by atoms with Gasteiger partial charge in [0.05, 0.1) is 11.2 Å². The predicted octanol–water partition coefficient (Wildman–Crippen LogP) is 11.0. The largest absolute Gasteiger partial charge is 0.390 e. The molecular weight excluding hydrogens is 722 g/mol. The minimum atomic E-state index is -0.457. The van der Waals surface area contributed by atoms with Crippen molar-refractivity contribution in [1.29, 1.82) is 0 Å². The maximum absolute atomic E-state index is 16.3. The Bertz CT molecular complexity index is 2060. The number of benzene rings is 3. The lowest BCUT2D eigenvalue weighted by molar-refractivity contribution is -0.515. The number of hydrogen-bond acceptors (Lipinski definition) is 5. The quantitative estimate of drug-likeness (QED) is 0.0561. The van der Waals surface area contributed by atoms with Gasteiger partial charge < -0.3 is 16.4 Å². The van der Waals surface area contributed by atoms with Crippen LogP contribution in [0.5, 0.6) is 0 Å². The van der Waals surface area contributed by atoms with E-state index in [0.717, 1.165) is 72.4 Å². The highest BCUT2D eigenvalue weighted by Gasteiger charge is 2.33. The van der Waals surface area contributed by atoms with Crippen LogP contribution in [0.15, 0.2) is 116 Å². The molecule has 4 N–H and O–H groups in total. The molecule has 1 saturated heterocycles. The Balaban J connectivity index is 0.00000134. The molecule has 298 valence electrons. The number of rotatable bonds is 15. The van der Waals surface area contributed by atoms with E-state index in [-0.39, 0.29) is 0 Å². The van der Waals surface area contributed by atoms with Crippen molar-refractivity contribution in [3.8, 4) is 33.4 Å². The number of nitrogens with zero attached hydrogens (tertiary/aromatic N) is 3. The number of nitrogens with two attached hydrogens (primary N) is 1. The van der Waals surface area contributed by atoms with Gasteiger partial charge in [-0.05, 0) is 73.5 Å². The topological polar surface area (TPSA) is 70.1 Å². The van der Waals surface area contributed by atoms with Crippen LogP contribution in [0.1, 0.15) is 70.1 Å². The van der Waals surface area contributed by atoms with Crippen LogP contribution in [0.3, 0.4) is 0 Å². The lowest BCUT2D eigenvalue weighted by atomic mass is 9.94. The number of nitrogens with one attached hydrogen (secondary N) is 2. The first-order valence-electron chi connectivity index (χ1n) is 19.6. The standard InChI is InChI=1S/C42H43ClF2N5.2C2H6.CH5N/c1-5-7-11-32(46-4)23-47-24-38-28(3)19-31(20-39(38)44)35-14-10-16-37(42(35)45)36-15-9-13-34(41(36)43)30-17-18-49-25-29(22-48-40(49)21-30)26-50-27-33(50)12-8-6-2;3*1-2/h5-6,9-10,13-23,25,33,46-47H,1-2,7-8,11-12,24,26-27H2,3-4H3;2*1-2H3;2H2,1H3/q+1;;;/b32-23+;;;. The molecule has 1 aliphatic rings. The summed E-state index contributed by atoms with van der Waals surface area (Å²) in [6.45, 7) is 19.7. The van der Waals surface area contributed by atoms with Gasteiger partial charge in [0.1, 0.15) is 24.0 Å². The minimum Gasteiger partial charge on any atom is -0.390 e. The first kappa shape index (κ1) is 45.5. The SMILES string of the molecule is C=CCC/C(=C\NCc1c(C)cc(-c2cccc(-c3cccc(-c4cc[n+]5cc(CN6CC6CCC=C)cnc5c4)c3Cl)c2F)cc1F)NC.CC.CC.CN. The van der Waals surface area contributed by atoms with Gasteiger partial charge in [0.2, 0.25) is 0 Å². The van der Waals surface area contributed by atoms with Crippen molar-refractivity contribution in [1.82, 2.24) is 20.5 Å². The van der Waals surface area contributed by atoms with Gasteiger partial charge in [-0.15, -0.1) is 13.2 Å². The number of aromatic nitrogens is 2. The average molecular weight is 782 g/mol. The Morgan fingerprint density at radius 2 is 1.62 bits per heavy atom. The summed E-state index contributed by atoms with van der Waals surface area (Å²) >= 11 is 7.03. The normalized spacial score (nSPS) is 14.2. The fourth-order valence-electron chi connectivity index (χ4n) is 6.44. The van der Waals surface area contributed by atoms with Crippen molar-refractivity contribution in [2.24, 2.45) is 5.73 Å². The smallest absolute Gasteiger partial charge is 0.328 e. The molecule has 0 radical (unpaired) electrons. The number of aryl methyl sites for hydroxylation is 1. The summed E-state index contributed by atoms with van der Waals surface area (Å²) in [5, 5.41) is 6.78. The van der Waals surface area contributed by atoms with E-state index in [1.165, 1.54) is 13.1 Å². The zero-order valence-electron chi connectivity index (χ0n) is 34.2. The van der Waals surface area contributed by atoms with Crippen molar-refractivity contribution in [3.63, 3.8) is 0 Å². The predicted molar refractivity (Wildman–Crippen MR) is 233 cm³/mol. The van der Waals surface area contributed by atoms with Crippen molar-refractivity contribution < 1.29 is 13.2 Å². The molecule has 9 heteroatoms. The summed E-state index contributed by atoms with van der Waals surface area (Å²) in [5.41, 5.74) is 12.0. The zero-order valence-corrected chi connectivity index (χ0v) is 35.0. The second-order valence-electron chi connectivity index (χ2n) is 12.8. The van der Waals surface area contributed by atoms with E-state index in [1.807, 2.05) is 113 Å². The maximum atomic E-state index is 16.3. The summed E-state index contributed by atoms with van der Waals surface area (Å²) in [7, 11) is 3.35. The Hall–Kier alpha value is -4.89. The van der Waals surface area contributed by atoms with Crippen molar-refractivity contribution in [2.45, 2.75) is 79.4 Å². The number of allylic oxidation sites excluding steroid dienone is 3. The molecule has 3 aromatic carbocycles. The van der Waals surface area contributed by atoms with Crippen molar-refractivity contribution >= 4 is 17.2 Å². The molecule has 5 aromatic rings. The molecule has 1 aliphatic heterocycles. The van der Waals surface area contributed by atoms with E-state index in [0.29, 0.717) is 45.4 Å². The number of pyridine rings is 1. The monoisotopic (exact) mass is 781 g/mol. The first-order valence-corrected chi connectivity index (χ1v) is 20.0. The molecule has 6 nitrogen and oxygen atoms in total. The molecule has 0 saturated carbocycles. The Morgan fingerprint density at radius 3 is 2.30 bits per heavy atom. The Labute approximate surface area is 338 Å². The van der Waals surface area contributed by atoms with E-state index in [1.54, 1.807) is 18.2 Å². The van der Waals surface area contributed by atoms with Gasteiger partial charge in [-0.25, -0.2) is 13.2 Å². The fourth-order valence-corrected chi connectivity index (χ4v) is 6.78. The summed E-state index contributed by atoms with van der Waals surface area (Å²) in [6, 6.07) is 18.6. The van der Waals surface area contributed by atoms with Crippen molar-refractivity contribution in [3.05, 3.63) is 150 Å². The molecule has 3 heterocycles. The summed E-state index contributed by atoms with van der Waals surface area (Å²) in [4.78, 5) is 7.18. The van der Waals surface area contributed by atoms with Gasteiger partial charge in [-0.1, -0.05) is 93.9 Å². The summed E-state index contributed by atoms with van der Waals surface area (Å²) in [5.74, 6) is -0.850. The molecule has 0 aliphatic carbocycles. The third-order valence-corrected chi connectivity index (χ3v) is 9.78. The highest BCUT2D eigenvalue weighted by molar-refractivity contribution is 6.36. The molecule has 6 rings (SSSR count). The molecule has 2 atom stereocenters. The second kappa shape index (κ2) is 23.2. The highest BCUT2D eigenvalue weighted by atomic mass is 35.5. The van der Waals surface area contributed by atoms with Gasteiger partial charge in [-0.3, -0.25) is 4.90 Å². The van der Waals surface area contributed by atoms with E-state index >= 15 is 8.78 Å². The van der Waals surface area contributed by atoms with Crippen LogP contribution in [0.4, 0.5) is 8.78 Å². The first-order chi connectivity index (χ1) is 27.3. The van der Waals surface area contributed by atoms with Crippen molar-refractivity contribution in [2.75, 3.05) is 20.6 Å². The molecule has 56 heavy (non-hydrogen) atoms. The molecule has 1 fully saturated rings. The lowest BCUT2D eigenvalue weighted by Crippen LogP contribution is -2.23. The number of hydrogen-bond donors (Lipinski definition) is 3. The van der Waals surface area contributed by atoms with Gasteiger partial charge in [0.15, 0.2) is 0 Å². The van der Waals surface area contributed by atoms with Crippen LogP contribution in [0.2, 0.25) is 5.02 Å². The molecule has 2 aromatic heterocycles. The number of fused-ring (bicyclic) bond motifs is 1. The van der Waals surface area contributed by atoms with E-state index in [4.69, 9.17) is 16.6 Å². The molecule has 0 bridgehead atoms. The van der Waals surface area contributed by atoms with Gasteiger partial charge in [-0.2, -0.15) is 0 Å². The highest BCUT2D eigenvalue weighted by Crippen LogP contribution is 2.40. The summed E-state index contributed by atoms with van der Waals surface area (Å²) < 4.78 is 33.8. The Kier molecular flexibility index (Phi) is 18.9. The van der Waals surface area contributed by atoms with E-state index in [2.05, 4.69) is 40.6 Å². The average Bonchev–Trinajstić information content (AvgIpc) is 3.98. The van der Waals surface area contributed by atoms with Crippen LogP contribution in [0.25, 0.3) is 39.0 Å². The lowest BCUT2D eigenvalue weighted by Gasteiger charge is -2.15. The van der Waals surface area contributed by atoms with Gasteiger partial charge >= 0.3 is 5.65 Å². The Morgan fingerprint density at radius 1 is 0.946 bits per heavy atom. The molecule has 0 spiro atoms. The summed E-state index contributed by atoms with van der Waals surface area (Å²) in [6.07, 6.45) is 15.6. The molecule has 2 unspecified atom stereocenters. The molecule has 0 amide bonds. The van der Waals surface area contributed by atoms with Crippen LogP contribution in [-0.2, 0) is 13.1 Å². The van der Waals surface area contributed by atoms with E-state index in [9.17, 15) is 0 Å².